The normalized spacial score (nSPS) is 14.8. The number of anilines is 1. The molecule has 2 aromatic rings. The van der Waals surface area contributed by atoms with Crippen molar-refractivity contribution in [2.24, 2.45) is 0 Å². The van der Waals surface area contributed by atoms with Crippen molar-refractivity contribution in [1.29, 1.82) is 0 Å². The van der Waals surface area contributed by atoms with Gasteiger partial charge >= 0.3 is 6.36 Å². The predicted molar refractivity (Wildman–Crippen MR) is 87.8 cm³/mol. The fraction of sp³-hybridized carbons (Fsp3) is 0.111. The van der Waals surface area contributed by atoms with E-state index in [4.69, 9.17) is 0 Å². The molecular formula is C18H12F4N2O3. The third-order valence-electron chi connectivity index (χ3n) is 3.76. The highest BCUT2D eigenvalue weighted by molar-refractivity contribution is 6.36. The average Bonchev–Trinajstić information content (AvgIpc) is 2.79. The number of hydrogen-bond donors (Lipinski definition) is 1. The van der Waals surface area contributed by atoms with Gasteiger partial charge in [0.15, 0.2) is 0 Å². The number of hydrogen-bond acceptors (Lipinski definition) is 4. The lowest BCUT2D eigenvalue weighted by molar-refractivity contribution is -0.274. The van der Waals surface area contributed by atoms with E-state index in [1.165, 1.54) is 31.3 Å². The number of alkyl halides is 3. The van der Waals surface area contributed by atoms with Crippen LogP contribution in [0.1, 0.15) is 5.56 Å². The van der Waals surface area contributed by atoms with Gasteiger partial charge in [0.25, 0.3) is 11.8 Å². The van der Waals surface area contributed by atoms with Gasteiger partial charge in [-0.15, -0.1) is 13.2 Å². The largest absolute Gasteiger partial charge is 0.573 e. The third kappa shape index (κ3) is 3.91. The van der Waals surface area contributed by atoms with Crippen LogP contribution in [-0.4, -0.2) is 30.1 Å². The fourth-order valence-electron chi connectivity index (χ4n) is 2.56. The summed E-state index contributed by atoms with van der Waals surface area (Å²) >= 11 is 0. The molecule has 0 spiro atoms. The fourth-order valence-corrected chi connectivity index (χ4v) is 2.56. The first-order chi connectivity index (χ1) is 12.7. The molecule has 1 aliphatic rings. The van der Waals surface area contributed by atoms with Crippen LogP contribution in [0, 0.1) is 5.82 Å². The summed E-state index contributed by atoms with van der Waals surface area (Å²) in [6, 6.07) is 9.78. The van der Waals surface area contributed by atoms with Crippen LogP contribution >= 0.6 is 0 Å². The van der Waals surface area contributed by atoms with Crippen molar-refractivity contribution in [3.63, 3.8) is 0 Å². The molecular weight excluding hydrogens is 368 g/mol. The number of benzene rings is 2. The van der Waals surface area contributed by atoms with Crippen LogP contribution in [0.5, 0.6) is 5.75 Å². The topological polar surface area (TPSA) is 58.6 Å². The first-order valence-corrected chi connectivity index (χ1v) is 7.61. The average molecular weight is 380 g/mol. The van der Waals surface area contributed by atoms with Gasteiger partial charge in [-0.1, -0.05) is 18.2 Å². The maximum absolute atomic E-state index is 13.1. The number of carbonyl (C=O) groups is 2. The molecule has 27 heavy (non-hydrogen) atoms. The van der Waals surface area contributed by atoms with Gasteiger partial charge in [0.1, 0.15) is 17.3 Å². The van der Waals surface area contributed by atoms with Crippen molar-refractivity contribution in [2.75, 3.05) is 12.4 Å². The number of amides is 2. The van der Waals surface area contributed by atoms with E-state index >= 15 is 0 Å². The summed E-state index contributed by atoms with van der Waals surface area (Å²) in [7, 11) is 1.27. The molecule has 0 radical (unpaired) electrons. The molecule has 0 bridgehead atoms. The maximum Gasteiger partial charge on any atom is 0.573 e. The van der Waals surface area contributed by atoms with E-state index in [-0.39, 0.29) is 17.0 Å². The van der Waals surface area contributed by atoms with Crippen LogP contribution in [0.3, 0.4) is 0 Å². The number of halogens is 4. The van der Waals surface area contributed by atoms with E-state index in [9.17, 15) is 27.2 Å². The Morgan fingerprint density at radius 2 is 1.67 bits per heavy atom. The smallest absolute Gasteiger partial charge is 0.406 e. The van der Waals surface area contributed by atoms with Crippen molar-refractivity contribution in [2.45, 2.75) is 6.36 Å². The Balaban J connectivity index is 1.99. The summed E-state index contributed by atoms with van der Waals surface area (Å²) in [4.78, 5) is 25.6. The first kappa shape index (κ1) is 18.4. The zero-order chi connectivity index (χ0) is 19.8. The lowest BCUT2D eigenvalue weighted by atomic mass is 10.0. The Morgan fingerprint density at radius 3 is 2.30 bits per heavy atom. The molecule has 1 heterocycles. The minimum atomic E-state index is -4.86. The highest BCUT2D eigenvalue weighted by atomic mass is 19.4. The molecule has 0 aromatic heterocycles. The molecule has 2 amide bonds. The molecule has 1 aliphatic heterocycles. The monoisotopic (exact) mass is 380 g/mol. The Hall–Kier alpha value is -3.36. The summed E-state index contributed by atoms with van der Waals surface area (Å²) in [5.41, 5.74) is 0.273. The number of imide groups is 1. The molecule has 140 valence electrons. The van der Waals surface area contributed by atoms with E-state index in [1.54, 1.807) is 0 Å². The van der Waals surface area contributed by atoms with E-state index in [1.807, 2.05) is 0 Å². The summed E-state index contributed by atoms with van der Waals surface area (Å²) in [6.07, 6.45) is -4.86. The highest BCUT2D eigenvalue weighted by Gasteiger charge is 2.37. The van der Waals surface area contributed by atoms with Crippen molar-refractivity contribution >= 4 is 23.1 Å². The van der Waals surface area contributed by atoms with Gasteiger partial charge in [0.05, 0.1) is 5.57 Å². The van der Waals surface area contributed by atoms with Gasteiger partial charge < -0.3 is 10.1 Å². The zero-order valence-electron chi connectivity index (χ0n) is 13.8. The van der Waals surface area contributed by atoms with E-state index in [0.717, 1.165) is 29.2 Å². The maximum atomic E-state index is 13.1. The van der Waals surface area contributed by atoms with Gasteiger partial charge in [-0.2, -0.15) is 0 Å². The number of carbonyl (C=O) groups excluding carboxylic acids is 2. The third-order valence-corrected chi connectivity index (χ3v) is 3.76. The minimum Gasteiger partial charge on any atom is -0.406 e. The Morgan fingerprint density at radius 1 is 1.00 bits per heavy atom. The van der Waals surface area contributed by atoms with Crippen molar-refractivity contribution < 1.29 is 31.9 Å². The summed E-state index contributed by atoms with van der Waals surface area (Å²) in [5.74, 6) is -2.28. The van der Waals surface area contributed by atoms with Crippen LogP contribution in [0.4, 0.5) is 23.2 Å². The number of ether oxygens (including phenoxy) is 1. The summed E-state index contributed by atoms with van der Waals surface area (Å²) < 4.78 is 54.1. The summed E-state index contributed by atoms with van der Waals surface area (Å²) in [5, 5.41) is 2.67. The zero-order valence-corrected chi connectivity index (χ0v) is 13.8. The molecule has 3 rings (SSSR count). The van der Waals surface area contributed by atoms with Crippen molar-refractivity contribution in [3.05, 3.63) is 65.6 Å². The van der Waals surface area contributed by atoms with E-state index < -0.39 is 29.7 Å². The van der Waals surface area contributed by atoms with Crippen molar-refractivity contribution in [1.82, 2.24) is 4.90 Å². The van der Waals surface area contributed by atoms with Gasteiger partial charge in [0, 0.05) is 18.8 Å². The Kier molecular flexibility index (Phi) is 4.61. The van der Waals surface area contributed by atoms with Crippen LogP contribution < -0.4 is 10.1 Å². The van der Waals surface area contributed by atoms with Crippen LogP contribution in [0.25, 0.3) is 5.57 Å². The van der Waals surface area contributed by atoms with Gasteiger partial charge in [-0.25, -0.2) is 4.39 Å². The molecule has 1 N–H and O–H groups in total. The minimum absolute atomic E-state index is 0.00959. The second kappa shape index (κ2) is 6.75. The lowest BCUT2D eigenvalue weighted by Gasteiger charge is -2.12. The highest BCUT2D eigenvalue weighted by Crippen LogP contribution is 2.31. The van der Waals surface area contributed by atoms with Crippen molar-refractivity contribution in [3.8, 4) is 5.75 Å². The molecule has 2 aromatic carbocycles. The van der Waals surface area contributed by atoms with E-state index in [0.29, 0.717) is 5.56 Å². The van der Waals surface area contributed by atoms with Crippen LogP contribution in [-0.2, 0) is 9.59 Å². The van der Waals surface area contributed by atoms with E-state index in [2.05, 4.69) is 10.1 Å². The predicted octanol–water partition coefficient (Wildman–Crippen LogP) is 3.55. The van der Waals surface area contributed by atoms with Gasteiger partial charge in [-0.05, 0) is 29.8 Å². The quantitative estimate of drug-likeness (QED) is 0.651. The SMILES string of the molecule is CN1C(=O)C(Nc2cccc(OC(F)(F)F)c2)=C(c2ccc(F)cc2)C1=O. The van der Waals surface area contributed by atoms with Gasteiger partial charge in [0.2, 0.25) is 0 Å². The number of nitrogens with zero attached hydrogens (tertiary/aromatic N) is 1. The molecule has 0 aliphatic carbocycles. The molecule has 0 unspecified atom stereocenters. The van der Waals surface area contributed by atoms with Crippen LogP contribution in [0.2, 0.25) is 0 Å². The standard InChI is InChI=1S/C18H12F4N2O3/c1-24-16(25)14(10-5-7-11(19)8-6-10)15(17(24)26)23-12-3-2-4-13(9-12)27-18(20,21)22/h2-9,23H,1H3. The number of rotatable bonds is 4. The molecule has 5 nitrogen and oxygen atoms in total. The molecule has 0 saturated carbocycles. The molecule has 0 atom stereocenters. The second-order valence-electron chi connectivity index (χ2n) is 5.63. The lowest BCUT2D eigenvalue weighted by Crippen LogP contribution is -2.27. The molecule has 0 fully saturated rings. The summed E-state index contributed by atoms with van der Waals surface area (Å²) in [6.45, 7) is 0. The number of likely N-dealkylation sites (N-methyl/N-ethyl adjacent to an activating group) is 1. The molecule has 9 heteroatoms. The number of nitrogens with one attached hydrogen (secondary N) is 1. The first-order valence-electron chi connectivity index (χ1n) is 7.61. The van der Waals surface area contributed by atoms with Crippen LogP contribution in [0.15, 0.2) is 54.2 Å². The second-order valence-corrected chi connectivity index (χ2v) is 5.63. The Labute approximate surface area is 150 Å². The van der Waals surface area contributed by atoms with Gasteiger partial charge in [-0.3, -0.25) is 14.5 Å². The Bertz CT molecular complexity index is 936. The molecule has 0 saturated heterocycles.